The van der Waals surface area contributed by atoms with Crippen LogP contribution in [0.3, 0.4) is 0 Å². The highest BCUT2D eigenvalue weighted by Crippen LogP contribution is 2.35. The van der Waals surface area contributed by atoms with Crippen LogP contribution in [0.25, 0.3) is 10.9 Å². The molecular formula is C25H29N5O4. The molecule has 1 saturated heterocycles. The number of anilines is 2. The Morgan fingerprint density at radius 3 is 2.71 bits per heavy atom. The third-order valence-corrected chi connectivity index (χ3v) is 6.09. The van der Waals surface area contributed by atoms with Crippen LogP contribution in [0, 0.1) is 0 Å². The maximum atomic E-state index is 13.4. The molecule has 0 bridgehead atoms. The first kappa shape index (κ1) is 23.6. The molecule has 1 fully saturated rings. The number of Topliss-reactive ketones (excluding diaryl/α,β-unsaturated/α-hetero) is 1. The van der Waals surface area contributed by atoms with Crippen molar-refractivity contribution in [1.82, 2.24) is 14.9 Å². The van der Waals surface area contributed by atoms with Gasteiger partial charge >= 0.3 is 6.03 Å². The van der Waals surface area contributed by atoms with Gasteiger partial charge in [0, 0.05) is 24.0 Å². The van der Waals surface area contributed by atoms with E-state index in [1.807, 2.05) is 0 Å². The minimum Gasteiger partial charge on any atom is -0.383 e. The fourth-order valence-electron chi connectivity index (χ4n) is 4.36. The average Bonchev–Trinajstić information content (AvgIpc) is 2.84. The summed E-state index contributed by atoms with van der Waals surface area (Å²) in [5.74, 6) is 0.0260. The number of rotatable bonds is 7. The third-order valence-electron chi connectivity index (χ3n) is 6.09. The van der Waals surface area contributed by atoms with Crippen LogP contribution in [0.5, 0.6) is 0 Å². The first-order valence-electron chi connectivity index (χ1n) is 11.4. The molecule has 0 atom stereocenters. The van der Waals surface area contributed by atoms with E-state index in [0.29, 0.717) is 41.0 Å². The summed E-state index contributed by atoms with van der Waals surface area (Å²) in [6, 6.07) is 9.89. The number of fused-ring (bicyclic) bond motifs is 1. The number of aromatic nitrogens is 2. The number of amides is 2. The minimum absolute atomic E-state index is 0.0796. The largest absolute Gasteiger partial charge is 0.383 e. The van der Waals surface area contributed by atoms with Crippen molar-refractivity contribution >= 4 is 34.1 Å². The van der Waals surface area contributed by atoms with Gasteiger partial charge in [-0.05, 0) is 68.6 Å². The Morgan fingerprint density at radius 1 is 1.18 bits per heavy atom. The van der Waals surface area contributed by atoms with Gasteiger partial charge < -0.3 is 20.7 Å². The highest BCUT2D eigenvalue weighted by molar-refractivity contribution is 6.03. The third kappa shape index (κ3) is 5.16. The average molecular weight is 464 g/mol. The lowest BCUT2D eigenvalue weighted by Gasteiger charge is -2.26. The summed E-state index contributed by atoms with van der Waals surface area (Å²) in [5, 5.41) is 9.60. The van der Waals surface area contributed by atoms with E-state index in [9.17, 15) is 14.4 Å². The van der Waals surface area contributed by atoms with Crippen molar-refractivity contribution in [3.8, 4) is 0 Å². The van der Waals surface area contributed by atoms with Crippen molar-refractivity contribution in [3.63, 3.8) is 0 Å². The fraction of sp³-hybridized carbons (Fsp3) is 0.360. The zero-order valence-corrected chi connectivity index (χ0v) is 19.4. The van der Waals surface area contributed by atoms with Gasteiger partial charge in [0.05, 0.1) is 30.4 Å². The molecule has 2 heterocycles. The van der Waals surface area contributed by atoms with Gasteiger partial charge in [0.2, 0.25) is 0 Å². The van der Waals surface area contributed by atoms with Crippen LogP contribution >= 0.6 is 0 Å². The SMILES string of the molecule is COCCn1cnc2ccc(NC(=O)Nc3cccc(C(C)=O)c3)c(C3CCNCC3)c2c1=O. The molecule has 9 nitrogen and oxygen atoms in total. The Kier molecular flexibility index (Phi) is 7.34. The number of benzene rings is 2. The highest BCUT2D eigenvalue weighted by atomic mass is 16.5. The number of methoxy groups -OCH3 is 1. The van der Waals surface area contributed by atoms with Gasteiger partial charge in [-0.15, -0.1) is 0 Å². The van der Waals surface area contributed by atoms with Crippen molar-refractivity contribution in [2.45, 2.75) is 32.2 Å². The van der Waals surface area contributed by atoms with Crippen LogP contribution in [-0.4, -0.2) is 48.2 Å². The van der Waals surface area contributed by atoms with Crippen molar-refractivity contribution in [2.24, 2.45) is 0 Å². The maximum Gasteiger partial charge on any atom is 0.323 e. The Morgan fingerprint density at radius 2 is 1.97 bits per heavy atom. The monoisotopic (exact) mass is 463 g/mol. The number of nitrogens with one attached hydrogen (secondary N) is 3. The zero-order valence-electron chi connectivity index (χ0n) is 19.4. The van der Waals surface area contributed by atoms with E-state index in [4.69, 9.17) is 4.74 Å². The molecule has 0 unspecified atom stereocenters. The van der Waals surface area contributed by atoms with Crippen LogP contribution in [-0.2, 0) is 11.3 Å². The molecule has 1 aliphatic rings. The lowest BCUT2D eigenvalue weighted by molar-refractivity contribution is 0.101. The number of ether oxygens (including phenoxy) is 1. The number of urea groups is 1. The summed E-state index contributed by atoms with van der Waals surface area (Å²) in [7, 11) is 1.59. The van der Waals surface area contributed by atoms with E-state index < -0.39 is 6.03 Å². The van der Waals surface area contributed by atoms with Crippen LogP contribution in [0.15, 0.2) is 47.5 Å². The van der Waals surface area contributed by atoms with Gasteiger partial charge in [0.25, 0.3) is 5.56 Å². The quantitative estimate of drug-likeness (QED) is 0.463. The van der Waals surface area contributed by atoms with Crippen LogP contribution in [0.4, 0.5) is 16.2 Å². The molecule has 178 valence electrons. The summed E-state index contributed by atoms with van der Waals surface area (Å²) in [6.07, 6.45) is 3.24. The van der Waals surface area contributed by atoms with Gasteiger partial charge in [-0.3, -0.25) is 14.2 Å². The summed E-state index contributed by atoms with van der Waals surface area (Å²) in [6.45, 7) is 3.95. The second kappa shape index (κ2) is 10.6. The molecule has 0 aliphatic carbocycles. The van der Waals surface area contributed by atoms with Crippen LogP contribution in [0.1, 0.15) is 41.6 Å². The predicted molar refractivity (Wildman–Crippen MR) is 132 cm³/mol. The Bertz CT molecular complexity index is 1260. The molecule has 34 heavy (non-hydrogen) atoms. The van der Waals surface area contributed by atoms with E-state index in [1.54, 1.807) is 48.1 Å². The smallest absolute Gasteiger partial charge is 0.323 e. The second-order valence-electron chi connectivity index (χ2n) is 8.40. The van der Waals surface area contributed by atoms with Crippen molar-refractivity contribution in [1.29, 1.82) is 0 Å². The zero-order chi connectivity index (χ0) is 24.1. The first-order chi connectivity index (χ1) is 16.5. The molecule has 0 radical (unpaired) electrons. The van der Waals surface area contributed by atoms with E-state index >= 15 is 0 Å². The normalized spacial score (nSPS) is 14.2. The van der Waals surface area contributed by atoms with Crippen molar-refractivity contribution in [2.75, 3.05) is 37.4 Å². The number of nitrogens with zero attached hydrogens (tertiary/aromatic N) is 2. The van der Waals surface area contributed by atoms with E-state index in [2.05, 4.69) is 20.9 Å². The van der Waals surface area contributed by atoms with Gasteiger partial charge in [-0.1, -0.05) is 12.1 Å². The summed E-state index contributed by atoms with van der Waals surface area (Å²) in [4.78, 5) is 42.5. The first-order valence-corrected chi connectivity index (χ1v) is 11.4. The van der Waals surface area contributed by atoms with Crippen LogP contribution in [0.2, 0.25) is 0 Å². The lowest BCUT2D eigenvalue weighted by atomic mass is 9.86. The fourth-order valence-corrected chi connectivity index (χ4v) is 4.36. The number of hydrogen-bond donors (Lipinski definition) is 3. The molecule has 4 rings (SSSR count). The molecule has 0 saturated carbocycles. The van der Waals surface area contributed by atoms with Crippen molar-refractivity contribution < 1.29 is 14.3 Å². The van der Waals surface area contributed by atoms with Gasteiger partial charge in [-0.2, -0.15) is 0 Å². The number of piperidine rings is 1. The molecule has 2 aromatic carbocycles. The number of carbonyl (C=O) groups excluding carboxylic acids is 2. The van der Waals surface area contributed by atoms with Crippen LogP contribution < -0.4 is 21.5 Å². The predicted octanol–water partition coefficient (Wildman–Crippen LogP) is 3.36. The van der Waals surface area contributed by atoms with Gasteiger partial charge in [-0.25, -0.2) is 9.78 Å². The molecule has 2 amide bonds. The molecule has 0 spiro atoms. The highest BCUT2D eigenvalue weighted by Gasteiger charge is 2.24. The Hall–Kier alpha value is -3.56. The lowest BCUT2D eigenvalue weighted by Crippen LogP contribution is -2.30. The summed E-state index contributed by atoms with van der Waals surface area (Å²) in [5.41, 5.74) is 2.89. The molecule has 1 aromatic heterocycles. The number of ketones is 1. The Balaban J connectivity index is 1.71. The van der Waals surface area contributed by atoms with E-state index in [1.165, 1.54) is 13.3 Å². The molecule has 3 N–H and O–H groups in total. The minimum atomic E-state index is -0.446. The Labute approximate surface area is 197 Å². The summed E-state index contributed by atoms with van der Waals surface area (Å²) >= 11 is 0. The van der Waals surface area contributed by atoms with E-state index in [-0.39, 0.29) is 17.3 Å². The molecule has 1 aliphatic heterocycles. The number of hydrogen-bond acceptors (Lipinski definition) is 6. The second-order valence-corrected chi connectivity index (χ2v) is 8.40. The number of carbonyl (C=O) groups is 2. The molecule has 3 aromatic rings. The van der Waals surface area contributed by atoms with Gasteiger partial charge in [0.1, 0.15) is 0 Å². The topological polar surface area (TPSA) is 114 Å². The van der Waals surface area contributed by atoms with E-state index in [0.717, 1.165) is 31.5 Å². The maximum absolute atomic E-state index is 13.4. The van der Waals surface area contributed by atoms with Crippen molar-refractivity contribution in [3.05, 3.63) is 64.2 Å². The molecule has 9 heteroatoms. The standard InChI is InChI=1S/C25H29N5O4/c1-16(31)18-4-3-5-19(14-18)28-25(33)29-21-7-6-20-23(22(21)17-8-10-26-11-9-17)24(32)30(15-27-20)12-13-34-2/h3-7,14-15,17,26H,8-13H2,1-2H3,(H2,28,29,33). The summed E-state index contributed by atoms with van der Waals surface area (Å²) < 4.78 is 6.68. The van der Waals surface area contributed by atoms with Gasteiger partial charge in [0.15, 0.2) is 5.78 Å². The molecular weight excluding hydrogens is 434 g/mol.